The Morgan fingerprint density at radius 3 is 2.37 bits per heavy atom. The molecule has 35 heavy (non-hydrogen) atoms. The van der Waals surface area contributed by atoms with Crippen LogP contribution in [-0.2, 0) is 6.54 Å². The van der Waals surface area contributed by atoms with Gasteiger partial charge >= 0.3 is 6.18 Å². The van der Waals surface area contributed by atoms with Crippen molar-refractivity contribution in [3.05, 3.63) is 108 Å². The zero-order valence-corrected chi connectivity index (χ0v) is 18.7. The van der Waals surface area contributed by atoms with Crippen LogP contribution in [-0.4, -0.2) is 21.9 Å². The molecule has 4 aromatic rings. The number of amides is 1. The van der Waals surface area contributed by atoms with Gasteiger partial charge in [0.2, 0.25) is 0 Å². The lowest BCUT2D eigenvalue weighted by Crippen LogP contribution is -2.36. The second-order valence-electron chi connectivity index (χ2n) is 8.50. The Labute approximate surface area is 200 Å². The number of alkyl halides is 3. The van der Waals surface area contributed by atoms with Gasteiger partial charge in [0.25, 0.3) is 5.91 Å². The summed E-state index contributed by atoms with van der Waals surface area (Å²) in [6.07, 6.45) is -3.51. The first-order valence-electron chi connectivity index (χ1n) is 11.3. The number of aromatic nitrogens is 2. The van der Waals surface area contributed by atoms with Gasteiger partial charge in [-0.05, 0) is 28.3 Å². The Bertz CT molecular complexity index is 1320. The van der Waals surface area contributed by atoms with E-state index in [1.165, 1.54) is 6.20 Å². The summed E-state index contributed by atoms with van der Waals surface area (Å²) < 4.78 is 42.5. The van der Waals surface area contributed by atoms with Crippen molar-refractivity contribution in [2.45, 2.75) is 31.2 Å². The molecular formula is C27H23F3N4O. The molecule has 2 N–H and O–H groups in total. The van der Waals surface area contributed by atoms with Gasteiger partial charge in [0.05, 0.1) is 12.2 Å². The summed E-state index contributed by atoms with van der Waals surface area (Å²) in [5.74, 6) is -0.415. The molecule has 1 aliphatic rings. The van der Waals surface area contributed by atoms with Gasteiger partial charge in [0.15, 0.2) is 6.04 Å². The Morgan fingerprint density at radius 1 is 0.971 bits per heavy atom. The number of rotatable bonds is 5. The SMILES string of the molecule is O=C(NCc1cccc(-c2ccccc2)c1)c1cnn2c1NC(c1ccccc1)CC2C(F)(F)F. The van der Waals surface area contributed by atoms with Gasteiger partial charge in [-0.25, -0.2) is 4.68 Å². The molecule has 2 unspecified atom stereocenters. The monoisotopic (exact) mass is 476 g/mol. The highest BCUT2D eigenvalue weighted by Gasteiger charge is 2.47. The third kappa shape index (κ3) is 4.77. The fourth-order valence-electron chi connectivity index (χ4n) is 4.40. The van der Waals surface area contributed by atoms with Crippen LogP contribution in [0.25, 0.3) is 11.1 Å². The predicted octanol–water partition coefficient (Wildman–Crippen LogP) is 6.14. The number of anilines is 1. The molecule has 2 heterocycles. The summed E-state index contributed by atoms with van der Waals surface area (Å²) in [6, 6.07) is 24.1. The second-order valence-corrected chi connectivity index (χ2v) is 8.50. The van der Waals surface area contributed by atoms with Gasteiger partial charge in [-0.15, -0.1) is 0 Å². The lowest BCUT2D eigenvalue weighted by Gasteiger charge is -2.34. The van der Waals surface area contributed by atoms with Crippen LogP contribution in [0.5, 0.6) is 0 Å². The fourth-order valence-corrected chi connectivity index (χ4v) is 4.40. The maximum Gasteiger partial charge on any atom is 0.410 e. The summed E-state index contributed by atoms with van der Waals surface area (Å²) in [4.78, 5) is 13.0. The Balaban J connectivity index is 1.37. The minimum Gasteiger partial charge on any atom is -0.363 e. The third-order valence-electron chi connectivity index (χ3n) is 6.17. The van der Waals surface area contributed by atoms with E-state index in [1.54, 1.807) is 24.3 Å². The normalized spacial score (nSPS) is 17.3. The van der Waals surface area contributed by atoms with E-state index in [2.05, 4.69) is 15.7 Å². The van der Waals surface area contributed by atoms with Crippen molar-refractivity contribution in [2.75, 3.05) is 5.32 Å². The van der Waals surface area contributed by atoms with Crippen LogP contribution in [0.4, 0.5) is 19.0 Å². The lowest BCUT2D eigenvalue weighted by atomic mass is 9.96. The summed E-state index contributed by atoms with van der Waals surface area (Å²) in [7, 11) is 0. The van der Waals surface area contributed by atoms with E-state index in [-0.39, 0.29) is 24.3 Å². The number of hydrogen-bond acceptors (Lipinski definition) is 3. The third-order valence-corrected chi connectivity index (χ3v) is 6.17. The molecule has 0 spiro atoms. The van der Waals surface area contributed by atoms with E-state index in [0.29, 0.717) is 0 Å². The maximum absolute atomic E-state index is 13.9. The van der Waals surface area contributed by atoms with Crippen LogP contribution in [0.1, 0.15) is 40.0 Å². The van der Waals surface area contributed by atoms with E-state index in [0.717, 1.165) is 26.9 Å². The summed E-state index contributed by atoms with van der Waals surface area (Å²) >= 11 is 0. The van der Waals surface area contributed by atoms with Crippen LogP contribution < -0.4 is 10.6 Å². The summed E-state index contributed by atoms with van der Waals surface area (Å²) in [6.45, 7) is 0.231. The van der Waals surface area contributed by atoms with Gasteiger partial charge in [-0.3, -0.25) is 4.79 Å². The first-order chi connectivity index (χ1) is 16.9. The minimum atomic E-state index is -4.50. The second kappa shape index (κ2) is 9.29. The highest BCUT2D eigenvalue weighted by atomic mass is 19.4. The van der Waals surface area contributed by atoms with Crippen molar-refractivity contribution in [1.29, 1.82) is 0 Å². The molecule has 0 radical (unpaired) electrons. The van der Waals surface area contributed by atoms with Crippen molar-refractivity contribution in [3.63, 3.8) is 0 Å². The van der Waals surface area contributed by atoms with Crippen molar-refractivity contribution < 1.29 is 18.0 Å². The first kappa shape index (κ1) is 22.7. The van der Waals surface area contributed by atoms with Gasteiger partial charge < -0.3 is 10.6 Å². The molecule has 0 saturated heterocycles. The van der Waals surface area contributed by atoms with Gasteiger partial charge in [-0.1, -0.05) is 78.9 Å². The first-order valence-corrected chi connectivity index (χ1v) is 11.3. The van der Waals surface area contributed by atoms with Gasteiger partial charge in [0, 0.05) is 13.0 Å². The van der Waals surface area contributed by atoms with Crippen LogP contribution in [0.3, 0.4) is 0 Å². The number of halogens is 3. The molecule has 1 aromatic heterocycles. The lowest BCUT2D eigenvalue weighted by molar-refractivity contribution is -0.173. The Hall–Kier alpha value is -4.07. The summed E-state index contributed by atoms with van der Waals surface area (Å²) in [5, 5.41) is 9.87. The number of carbonyl (C=O) groups is 1. The molecule has 1 amide bonds. The van der Waals surface area contributed by atoms with Crippen LogP contribution in [0, 0.1) is 0 Å². The van der Waals surface area contributed by atoms with Crippen molar-refractivity contribution in [2.24, 2.45) is 0 Å². The molecule has 178 valence electrons. The van der Waals surface area contributed by atoms with E-state index < -0.39 is 24.2 Å². The average molecular weight is 477 g/mol. The molecule has 5 nitrogen and oxygen atoms in total. The molecule has 0 saturated carbocycles. The molecule has 5 rings (SSSR count). The topological polar surface area (TPSA) is 59.0 Å². The maximum atomic E-state index is 13.9. The summed E-state index contributed by atoms with van der Waals surface area (Å²) in [5.41, 5.74) is 3.75. The zero-order chi connectivity index (χ0) is 24.4. The number of hydrogen-bond donors (Lipinski definition) is 2. The molecule has 1 aliphatic heterocycles. The zero-order valence-electron chi connectivity index (χ0n) is 18.7. The highest BCUT2D eigenvalue weighted by Crippen LogP contribution is 2.44. The van der Waals surface area contributed by atoms with E-state index >= 15 is 0 Å². The molecule has 8 heteroatoms. The standard InChI is InChI=1S/C27H23F3N4O/c28-27(29,30)24-15-23(20-11-5-2-6-12-20)33-25-22(17-32-34(24)25)26(35)31-16-18-8-7-13-21(14-18)19-9-3-1-4-10-19/h1-14,17,23-24,33H,15-16H2,(H,31,35). The van der Waals surface area contributed by atoms with Crippen molar-refractivity contribution >= 4 is 11.7 Å². The van der Waals surface area contributed by atoms with E-state index in [4.69, 9.17) is 0 Å². The number of nitrogens with zero attached hydrogens (tertiary/aromatic N) is 2. The Kier molecular flexibility index (Phi) is 6.03. The quantitative estimate of drug-likeness (QED) is 0.364. The number of benzene rings is 3. The van der Waals surface area contributed by atoms with Crippen LogP contribution in [0.2, 0.25) is 0 Å². The van der Waals surface area contributed by atoms with E-state index in [9.17, 15) is 18.0 Å². The smallest absolute Gasteiger partial charge is 0.363 e. The molecule has 2 atom stereocenters. The minimum absolute atomic E-state index is 0.0722. The molecule has 0 fully saturated rings. The number of nitrogens with one attached hydrogen (secondary N) is 2. The largest absolute Gasteiger partial charge is 0.410 e. The number of carbonyl (C=O) groups excluding carboxylic acids is 1. The van der Waals surface area contributed by atoms with Crippen molar-refractivity contribution in [1.82, 2.24) is 15.1 Å². The predicted molar refractivity (Wildman–Crippen MR) is 128 cm³/mol. The highest BCUT2D eigenvalue weighted by molar-refractivity contribution is 5.98. The molecule has 3 aromatic carbocycles. The van der Waals surface area contributed by atoms with Crippen LogP contribution in [0.15, 0.2) is 91.1 Å². The van der Waals surface area contributed by atoms with Gasteiger partial charge in [0.1, 0.15) is 11.4 Å². The fraction of sp³-hybridized carbons (Fsp3) is 0.185. The van der Waals surface area contributed by atoms with Crippen LogP contribution >= 0.6 is 0 Å². The van der Waals surface area contributed by atoms with Gasteiger partial charge in [-0.2, -0.15) is 18.3 Å². The molecule has 0 bridgehead atoms. The molecule has 0 aliphatic carbocycles. The average Bonchev–Trinajstić information content (AvgIpc) is 3.31. The number of fused-ring (bicyclic) bond motifs is 1. The molecular weight excluding hydrogens is 453 g/mol. The Morgan fingerprint density at radius 2 is 1.66 bits per heavy atom. The van der Waals surface area contributed by atoms with Crippen molar-refractivity contribution in [3.8, 4) is 11.1 Å². The van der Waals surface area contributed by atoms with E-state index in [1.807, 2.05) is 60.7 Å².